The minimum atomic E-state index is -0.496. The summed E-state index contributed by atoms with van der Waals surface area (Å²) in [7, 11) is 0. The molecule has 8 nitrogen and oxygen atoms in total. The van der Waals surface area contributed by atoms with Gasteiger partial charge in [-0.2, -0.15) is 0 Å². The summed E-state index contributed by atoms with van der Waals surface area (Å²) in [5, 5.41) is 14.1. The monoisotopic (exact) mass is 430 g/mol. The number of benzene rings is 1. The quantitative estimate of drug-likeness (QED) is 0.553. The van der Waals surface area contributed by atoms with Gasteiger partial charge in [0.05, 0.1) is 4.92 Å². The fourth-order valence-corrected chi connectivity index (χ4v) is 5.15. The lowest BCUT2D eigenvalue weighted by molar-refractivity contribution is -0.385. The molecular weight excluding hydrogens is 396 g/mol. The highest BCUT2D eigenvalue weighted by molar-refractivity contribution is 5.98. The molecule has 2 aliphatic heterocycles. The van der Waals surface area contributed by atoms with Crippen molar-refractivity contribution in [1.29, 1.82) is 0 Å². The first-order valence-electron chi connectivity index (χ1n) is 11.2. The molecule has 0 aliphatic carbocycles. The second-order valence-electron chi connectivity index (χ2n) is 9.49. The van der Waals surface area contributed by atoms with Crippen LogP contribution in [-0.2, 0) is 4.79 Å². The first kappa shape index (κ1) is 23.2. The fourth-order valence-electron chi connectivity index (χ4n) is 5.15. The van der Waals surface area contributed by atoms with E-state index in [1.54, 1.807) is 11.8 Å². The predicted molar refractivity (Wildman–Crippen MR) is 119 cm³/mol. The molecule has 2 amide bonds. The smallest absolute Gasteiger partial charge is 0.272 e. The highest BCUT2D eigenvalue weighted by Crippen LogP contribution is 2.24. The third-order valence-electron chi connectivity index (χ3n) is 6.32. The van der Waals surface area contributed by atoms with Gasteiger partial charge in [0, 0.05) is 49.4 Å². The van der Waals surface area contributed by atoms with E-state index in [0.717, 1.165) is 26.1 Å². The topological polar surface area (TPSA) is 95.8 Å². The molecule has 0 saturated carbocycles. The maximum Gasteiger partial charge on any atom is 0.272 e. The first-order chi connectivity index (χ1) is 14.7. The molecule has 0 spiro atoms. The average molecular weight is 431 g/mol. The Morgan fingerprint density at radius 1 is 1.26 bits per heavy atom. The molecule has 8 heteroatoms. The van der Waals surface area contributed by atoms with Gasteiger partial charge in [-0.15, -0.1) is 0 Å². The van der Waals surface area contributed by atoms with E-state index in [1.807, 2.05) is 6.92 Å². The summed E-state index contributed by atoms with van der Waals surface area (Å²) in [6.07, 6.45) is 2.65. The zero-order valence-electron chi connectivity index (χ0n) is 19.0. The lowest BCUT2D eigenvalue weighted by Gasteiger charge is -2.36. The number of hydrogen-bond donors (Lipinski definition) is 1. The van der Waals surface area contributed by atoms with Crippen LogP contribution < -0.4 is 5.32 Å². The number of nitro benzene ring substituents is 1. The van der Waals surface area contributed by atoms with Crippen molar-refractivity contribution in [3.05, 3.63) is 39.4 Å². The lowest BCUT2D eigenvalue weighted by Crippen LogP contribution is -2.52. The van der Waals surface area contributed by atoms with E-state index >= 15 is 0 Å². The van der Waals surface area contributed by atoms with Gasteiger partial charge < -0.3 is 15.1 Å². The van der Waals surface area contributed by atoms with E-state index in [1.165, 1.54) is 24.6 Å². The Hall–Kier alpha value is -2.48. The van der Waals surface area contributed by atoms with Crippen molar-refractivity contribution >= 4 is 17.5 Å². The van der Waals surface area contributed by atoms with Gasteiger partial charge in [-0.05, 0) is 57.1 Å². The lowest BCUT2D eigenvalue weighted by atomic mass is 9.92. The van der Waals surface area contributed by atoms with Gasteiger partial charge in [-0.25, -0.2) is 0 Å². The summed E-state index contributed by atoms with van der Waals surface area (Å²) in [5.41, 5.74) is 0.809. The molecule has 2 saturated heterocycles. The predicted octanol–water partition coefficient (Wildman–Crippen LogP) is 2.99. The minimum absolute atomic E-state index is 0.00386. The molecule has 2 aliphatic rings. The Kier molecular flexibility index (Phi) is 7.30. The zero-order valence-corrected chi connectivity index (χ0v) is 19.0. The minimum Gasteiger partial charge on any atom is -0.351 e. The Morgan fingerprint density at radius 2 is 1.94 bits per heavy atom. The van der Waals surface area contributed by atoms with Crippen LogP contribution >= 0.6 is 0 Å². The second kappa shape index (κ2) is 9.77. The summed E-state index contributed by atoms with van der Waals surface area (Å²) in [4.78, 5) is 40.6. The summed E-state index contributed by atoms with van der Waals surface area (Å²) >= 11 is 0. The molecule has 0 radical (unpaired) electrons. The molecule has 1 N–H and O–H groups in total. The molecule has 0 bridgehead atoms. The van der Waals surface area contributed by atoms with Crippen LogP contribution in [0.3, 0.4) is 0 Å². The normalized spacial score (nSPS) is 25.3. The number of amides is 2. The van der Waals surface area contributed by atoms with E-state index in [2.05, 4.69) is 24.1 Å². The molecule has 4 unspecified atom stereocenters. The van der Waals surface area contributed by atoms with E-state index < -0.39 is 11.0 Å². The summed E-state index contributed by atoms with van der Waals surface area (Å²) in [6.45, 7) is 11.6. The number of likely N-dealkylation sites (tertiary alicyclic amines) is 2. The maximum atomic E-state index is 13.0. The van der Waals surface area contributed by atoms with E-state index in [9.17, 15) is 19.7 Å². The van der Waals surface area contributed by atoms with Crippen molar-refractivity contribution in [1.82, 2.24) is 15.1 Å². The summed E-state index contributed by atoms with van der Waals surface area (Å²) in [6, 6.07) is 3.88. The third kappa shape index (κ3) is 5.61. The van der Waals surface area contributed by atoms with Crippen LogP contribution in [0.5, 0.6) is 0 Å². The van der Waals surface area contributed by atoms with Crippen LogP contribution in [-0.4, -0.2) is 64.8 Å². The molecular formula is C23H34N4O4. The van der Waals surface area contributed by atoms with Crippen LogP contribution in [0.25, 0.3) is 0 Å². The number of carbonyl (C=O) groups excluding carboxylic acids is 2. The Labute approximate surface area is 184 Å². The van der Waals surface area contributed by atoms with Crippen molar-refractivity contribution in [2.75, 3.05) is 26.2 Å². The van der Waals surface area contributed by atoms with Crippen molar-refractivity contribution in [2.45, 2.75) is 59.0 Å². The van der Waals surface area contributed by atoms with Crippen molar-refractivity contribution in [3.8, 4) is 0 Å². The molecule has 0 aromatic heterocycles. The third-order valence-corrected chi connectivity index (χ3v) is 6.32. The van der Waals surface area contributed by atoms with Crippen LogP contribution in [0.4, 0.5) is 5.69 Å². The highest BCUT2D eigenvalue weighted by atomic mass is 16.6. The molecule has 1 aromatic carbocycles. The molecule has 2 fully saturated rings. The largest absolute Gasteiger partial charge is 0.351 e. The average Bonchev–Trinajstić information content (AvgIpc) is 3.16. The van der Waals surface area contributed by atoms with Gasteiger partial charge in [0.1, 0.15) is 6.04 Å². The molecule has 170 valence electrons. The number of nitrogens with one attached hydrogen (secondary N) is 1. The number of piperidine rings is 1. The van der Waals surface area contributed by atoms with Crippen molar-refractivity contribution < 1.29 is 14.5 Å². The standard InChI is InChI=1S/C23H34N4O4/c1-15-10-16(2)13-25(12-15)14-18(4)24-22(28)21-6-5-9-26(21)23(29)19-7-8-20(27(30)31)17(3)11-19/h7-8,11,15-16,18,21H,5-6,9-10,12-14H2,1-4H3,(H,24,28). The molecule has 31 heavy (non-hydrogen) atoms. The fraction of sp³-hybridized carbons (Fsp3) is 0.652. The number of nitrogens with zero attached hydrogens (tertiary/aromatic N) is 3. The zero-order chi connectivity index (χ0) is 22.7. The Morgan fingerprint density at radius 3 is 2.55 bits per heavy atom. The molecule has 4 atom stereocenters. The van der Waals surface area contributed by atoms with Gasteiger partial charge in [0.2, 0.25) is 5.91 Å². The van der Waals surface area contributed by atoms with E-state index in [-0.39, 0.29) is 23.5 Å². The number of nitro groups is 1. The van der Waals surface area contributed by atoms with Gasteiger partial charge in [0.25, 0.3) is 11.6 Å². The number of aryl methyl sites for hydroxylation is 1. The van der Waals surface area contributed by atoms with E-state index in [4.69, 9.17) is 0 Å². The Balaban J connectivity index is 1.61. The second-order valence-corrected chi connectivity index (χ2v) is 9.49. The molecule has 2 heterocycles. The SMILES string of the molecule is Cc1cc(C(=O)N2CCCC2C(=O)NC(C)CN2CC(C)CC(C)C2)ccc1[N+](=O)[O-]. The van der Waals surface area contributed by atoms with Crippen LogP contribution in [0.1, 0.15) is 56.0 Å². The first-order valence-corrected chi connectivity index (χ1v) is 11.2. The van der Waals surface area contributed by atoms with Gasteiger partial charge in [-0.1, -0.05) is 13.8 Å². The van der Waals surface area contributed by atoms with Gasteiger partial charge in [-0.3, -0.25) is 19.7 Å². The van der Waals surface area contributed by atoms with Gasteiger partial charge >= 0.3 is 0 Å². The highest BCUT2D eigenvalue weighted by Gasteiger charge is 2.35. The summed E-state index contributed by atoms with van der Waals surface area (Å²) in [5.74, 6) is 0.969. The number of carbonyl (C=O) groups is 2. The van der Waals surface area contributed by atoms with Gasteiger partial charge in [0.15, 0.2) is 0 Å². The summed E-state index contributed by atoms with van der Waals surface area (Å²) < 4.78 is 0. The molecule has 1 aromatic rings. The number of hydrogen-bond acceptors (Lipinski definition) is 5. The van der Waals surface area contributed by atoms with E-state index in [0.29, 0.717) is 35.9 Å². The Bertz CT molecular complexity index is 833. The van der Waals surface area contributed by atoms with Crippen LogP contribution in [0, 0.1) is 28.9 Å². The van der Waals surface area contributed by atoms with Crippen molar-refractivity contribution in [2.24, 2.45) is 11.8 Å². The van der Waals surface area contributed by atoms with Crippen molar-refractivity contribution in [3.63, 3.8) is 0 Å². The van der Waals surface area contributed by atoms with Crippen LogP contribution in [0.15, 0.2) is 18.2 Å². The van der Waals surface area contributed by atoms with Crippen LogP contribution in [0.2, 0.25) is 0 Å². The molecule has 3 rings (SSSR count). The maximum absolute atomic E-state index is 13.0. The number of rotatable bonds is 6.